The molecule has 2 bridgehead atoms. The quantitative estimate of drug-likeness (QED) is 0.362. The van der Waals surface area contributed by atoms with E-state index in [1.807, 2.05) is 48.5 Å². The maximum Gasteiger partial charge on any atom is 1.00 e. The van der Waals surface area contributed by atoms with E-state index >= 15 is 0 Å². The minimum absolute atomic E-state index is 0. The van der Waals surface area contributed by atoms with Crippen LogP contribution in [0.15, 0.2) is 48.5 Å². The van der Waals surface area contributed by atoms with Crippen LogP contribution in [0.1, 0.15) is 0 Å². The van der Waals surface area contributed by atoms with E-state index < -0.39 is 0 Å². The van der Waals surface area contributed by atoms with Crippen LogP contribution in [-0.2, 0) is 4.74 Å². The van der Waals surface area contributed by atoms with E-state index in [0.717, 1.165) is 62.3 Å². The number of fused-ring (bicyclic) bond motifs is 8. The van der Waals surface area contributed by atoms with Gasteiger partial charge >= 0.3 is 51.4 Å². The maximum absolute atomic E-state index is 6.06. The van der Waals surface area contributed by atoms with Gasteiger partial charge in [-0.2, -0.15) is 0 Å². The Bertz CT molecular complexity index is 692. The molecular weight excluding hydrogens is 446 g/mol. The first-order valence-corrected chi connectivity index (χ1v) is 11.1. The van der Waals surface area contributed by atoms with Crippen LogP contribution >= 0.6 is 0 Å². The molecule has 2 heterocycles. The van der Waals surface area contributed by atoms with E-state index in [1.54, 1.807) is 0 Å². The molecule has 172 valence electrons. The van der Waals surface area contributed by atoms with Gasteiger partial charge in [-0.3, -0.25) is 9.80 Å². The third kappa shape index (κ3) is 9.41. The number of benzene rings is 2. The Kier molecular flexibility index (Phi) is 13.8. The van der Waals surface area contributed by atoms with Gasteiger partial charge in [0.05, 0.1) is 13.2 Å². The summed E-state index contributed by atoms with van der Waals surface area (Å²) in [6, 6.07) is 15.8. The van der Waals surface area contributed by atoms with Crippen molar-refractivity contribution in [2.75, 3.05) is 78.9 Å². The molecule has 2 aromatic carbocycles. The number of hydrogen-bond acceptors (Lipinski definition) is 7. The van der Waals surface area contributed by atoms with Crippen LogP contribution < -0.4 is 70.3 Å². The molecule has 0 N–H and O–H groups in total. The largest absolute Gasteiger partial charge is 1.00 e. The third-order valence-electron chi connectivity index (χ3n) is 5.46. The fraction of sp³-hybridized carbons (Fsp3) is 0.500. The molecule has 0 unspecified atom stereocenters. The molecule has 0 atom stereocenters. The van der Waals surface area contributed by atoms with Gasteiger partial charge in [-0.05, 0) is 24.3 Å². The van der Waals surface area contributed by atoms with Crippen molar-refractivity contribution < 1.29 is 75.1 Å². The number of hydrogen-bond donors (Lipinski definition) is 0. The molecule has 0 amide bonds. The summed E-state index contributed by atoms with van der Waals surface area (Å²) in [6.07, 6.45) is 0. The van der Waals surface area contributed by atoms with Crippen LogP contribution in [0.25, 0.3) is 0 Å². The van der Waals surface area contributed by atoms with Crippen molar-refractivity contribution in [3.05, 3.63) is 48.5 Å². The van der Waals surface area contributed by atoms with E-state index in [-0.39, 0.29) is 59.8 Å². The zero-order valence-electron chi connectivity index (χ0n) is 19.6. The fourth-order valence-corrected chi connectivity index (χ4v) is 3.68. The molecule has 0 saturated heterocycles. The van der Waals surface area contributed by atoms with Gasteiger partial charge in [-0.15, -0.1) is 0 Å². The summed E-state index contributed by atoms with van der Waals surface area (Å²) in [7, 11) is 0. The van der Waals surface area contributed by atoms with Gasteiger partial charge in [-0.25, -0.2) is 0 Å². The Hall–Kier alpha value is -0.779. The number of ether oxygens (including phenoxy) is 5. The standard InChI is InChI=1S/C24H32N2O5.B.K/c1-2-6-22-21(5-1)28-17-11-25-9-15-27-16-10-26(12-18-29-22)14-20-31-24-8-4-3-7-23(24)30-19-13-25;;/h1-8H,9-20H2;;/q;-1;+1. The first kappa shape index (κ1) is 28.5. The molecule has 4 rings (SSSR count). The van der Waals surface area contributed by atoms with Gasteiger partial charge in [0.15, 0.2) is 23.0 Å². The van der Waals surface area contributed by atoms with E-state index in [0.29, 0.717) is 39.6 Å². The van der Waals surface area contributed by atoms with Crippen LogP contribution in [0.2, 0.25) is 0 Å². The van der Waals surface area contributed by atoms with Crippen molar-refractivity contribution in [1.29, 1.82) is 0 Å². The predicted molar refractivity (Wildman–Crippen MR) is 124 cm³/mol. The molecule has 4 radical (unpaired) electrons. The Morgan fingerprint density at radius 1 is 0.455 bits per heavy atom. The van der Waals surface area contributed by atoms with Crippen molar-refractivity contribution in [3.8, 4) is 23.0 Å². The summed E-state index contributed by atoms with van der Waals surface area (Å²) < 4.78 is 30.2. The molecule has 7 nitrogen and oxygen atoms in total. The minimum atomic E-state index is 0. The molecular formula is C24H32BKN2O5. The third-order valence-corrected chi connectivity index (χ3v) is 5.46. The topological polar surface area (TPSA) is 52.6 Å². The molecule has 2 aliphatic heterocycles. The van der Waals surface area contributed by atoms with Crippen molar-refractivity contribution >= 4 is 8.41 Å². The van der Waals surface area contributed by atoms with Gasteiger partial charge in [0, 0.05) is 39.3 Å². The van der Waals surface area contributed by atoms with Gasteiger partial charge in [0.1, 0.15) is 26.4 Å². The summed E-state index contributed by atoms with van der Waals surface area (Å²) in [5, 5.41) is 0. The zero-order valence-corrected chi connectivity index (χ0v) is 22.7. The van der Waals surface area contributed by atoms with E-state index in [2.05, 4.69) is 9.80 Å². The van der Waals surface area contributed by atoms with Gasteiger partial charge in [0.25, 0.3) is 0 Å². The molecule has 33 heavy (non-hydrogen) atoms. The zero-order chi connectivity index (χ0) is 21.1. The number of para-hydroxylation sites is 4. The van der Waals surface area contributed by atoms with E-state index in [1.165, 1.54) is 0 Å². The second-order valence-electron chi connectivity index (χ2n) is 7.58. The van der Waals surface area contributed by atoms with Gasteiger partial charge in [0.2, 0.25) is 0 Å². The molecule has 0 fully saturated rings. The molecule has 2 aliphatic rings. The van der Waals surface area contributed by atoms with Gasteiger partial charge in [-0.1, -0.05) is 24.3 Å². The summed E-state index contributed by atoms with van der Waals surface area (Å²) >= 11 is 0. The van der Waals surface area contributed by atoms with E-state index in [9.17, 15) is 0 Å². The first-order chi connectivity index (χ1) is 15.4. The normalized spacial score (nSPS) is 22.1. The van der Waals surface area contributed by atoms with Crippen LogP contribution in [0.3, 0.4) is 0 Å². The SMILES string of the molecule is [B-].[K+].c1ccc2c(c1)OCCN1CCOCCN(CCO2)CCOc2ccccc2OCC1. The Labute approximate surface area is 241 Å². The predicted octanol–water partition coefficient (Wildman–Crippen LogP) is -0.827. The number of nitrogens with zero attached hydrogens (tertiary/aromatic N) is 2. The Morgan fingerprint density at radius 3 is 1.03 bits per heavy atom. The average Bonchev–Trinajstić information content (AvgIpc) is 2.80. The van der Waals surface area contributed by atoms with Crippen molar-refractivity contribution in [3.63, 3.8) is 0 Å². The van der Waals surface area contributed by atoms with Crippen LogP contribution in [-0.4, -0.2) is 97.1 Å². The summed E-state index contributed by atoms with van der Waals surface area (Å²) in [5.74, 6) is 3.15. The molecule has 0 aromatic heterocycles. The molecule has 9 heteroatoms. The van der Waals surface area contributed by atoms with E-state index in [4.69, 9.17) is 23.7 Å². The van der Waals surface area contributed by atoms with Gasteiger partial charge < -0.3 is 32.1 Å². The molecule has 0 aliphatic carbocycles. The smallest absolute Gasteiger partial charge is 1.00 e. The number of rotatable bonds is 0. The monoisotopic (exact) mass is 478 g/mol. The first-order valence-electron chi connectivity index (χ1n) is 11.1. The van der Waals surface area contributed by atoms with Crippen molar-refractivity contribution in [1.82, 2.24) is 9.80 Å². The second kappa shape index (κ2) is 16.0. The molecule has 0 saturated carbocycles. The van der Waals surface area contributed by atoms with Crippen LogP contribution in [0, 0.1) is 0 Å². The molecule has 2 aromatic rings. The average molecular weight is 478 g/mol. The summed E-state index contributed by atoms with van der Waals surface area (Å²) in [5.41, 5.74) is 0. The Morgan fingerprint density at radius 2 is 0.727 bits per heavy atom. The summed E-state index contributed by atoms with van der Waals surface area (Å²) in [6.45, 7) is 8.48. The fourth-order valence-electron chi connectivity index (χ4n) is 3.68. The molecule has 0 spiro atoms. The van der Waals surface area contributed by atoms with Crippen molar-refractivity contribution in [2.24, 2.45) is 0 Å². The Balaban J connectivity index is 0.00000193. The second-order valence-corrected chi connectivity index (χ2v) is 7.58. The van der Waals surface area contributed by atoms with Crippen LogP contribution in [0.4, 0.5) is 0 Å². The van der Waals surface area contributed by atoms with Crippen LogP contribution in [0.5, 0.6) is 23.0 Å². The van der Waals surface area contributed by atoms with Crippen molar-refractivity contribution in [2.45, 2.75) is 0 Å². The minimum Gasteiger partial charge on any atom is -1.00 e. The maximum atomic E-state index is 6.06. The summed E-state index contributed by atoms with van der Waals surface area (Å²) in [4.78, 5) is 4.62.